The largest absolute Gasteiger partial charge is 0.338 e. The van der Waals surface area contributed by atoms with E-state index < -0.39 is 0 Å². The summed E-state index contributed by atoms with van der Waals surface area (Å²) in [5, 5.41) is 5.69. The van der Waals surface area contributed by atoms with Gasteiger partial charge in [-0.05, 0) is 33.0 Å². The quantitative estimate of drug-likeness (QED) is 0.641. The standard InChI is InChI=1S/C15H18N4O/c1-10-5-4-6-12(7-10)13-8-14(19-11(2)18-13)15(16-3)17-9-20/h4-9,15-16H,1-3H3,(H,17,20). The van der Waals surface area contributed by atoms with Crippen LogP contribution in [-0.2, 0) is 4.79 Å². The summed E-state index contributed by atoms with van der Waals surface area (Å²) in [6.07, 6.45) is 0.336. The van der Waals surface area contributed by atoms with Crippen LogP contribution in [0.2, 0.25) is 0 Å². The Morgan fingerprint density at radius 3 is 2.65 bits per heavy atom. The molecule has 2 aromatic rings. The van der Waals surface area contributed by atoms with E-state index in [1.165, 1.54) is 5.56 Å². The molecule has 0 bridgehead atoms. The maximum atomic E-state index is 10.6. The fourth-order valence-corrected chi connectivity index (χ4v) is 2.08. The molecule has 1 aromatic carbocycles. The molecular weight excluding hydrogens is 252 g/mol. The van der Waals surface area contributed by atoms with Crippen LogP contribution in [0.3, 0.4) is 0 Å². The molecule has 104 valence electrons. The third kappa shape index (κ3) is 3.19. The van der Waals surface area contributed by atoms with Crippen molar-refractivity contribution < 1.29 is 4.79 Å². The van der Waals surface area contributed by atoms with Crippen molar-refractivity contribution in [3.63, 3.8) is 0 Å². The molecule has 0 aliphatic rings. The molecule has 2 N–H and O–H groups in total. The zero-order valence-electron chi connectivity index (χ0n) is 11.8. The lowest BCUT2D eigenvalue weighted by molar-refractivity contribution is -0.110. The Hall–Kier alpha value is -2.27. The third-order valence-electron chi connectivity index (χ3n) is 2.99. The Labute approximate surface area is 118 Å². The van der Waals surface area contributed by atoms with Crippen molar-refractivity contribution in [2.45, 2.75) is 20.0 Å². The van der Waals surface area contributed by atoms with Gasteiger partial charge in [-0.1, -0.05) is 23.8 Å². The van der Waals surface area contributed by atoms with Gasteiger partial charge in [0.05, 0.1) is 11.4 Å². The van der Waals surface area contributed by atoms with Crippen molar-refractivity contribution in [3.05, 3.63) is 47.4 Å². The van der Waals surface area contributed by atoms with Crippen molar-refractivity contribution in [1.29, 1.82) is 0 Å². The molecule has 2 rings (SSSR count). The van der Waals surface area contributed by atoms with Gasteiger partial charge in [0.1, 0.15) is 12.0 Å². The zero-order valence-corrected chi connectivity index (χ0v) is 11.8. The van der Waals surface area contributed by atoms with E-state index in [0.29, 0.717) is 12.2 Å². The van der Waals surface area contributed by atoms with E-state index in [4.69, 9.17) is 0 Å². The Bertz CT molecular complexity index is 613. The molecule has 0 saturated heterocycles. The number of nitrogens with zero attached hydrogens (tertiary/aromatic N) is 2. The number of hydrogen-bond donors (Lipinski definition) is 2. The van der Waals surface area contributed by atoms with Crippen LogP contribution in [0.1, 0.15) is 23.2 Å². The minimum atomic E-state index is -0.322. The molecule has 0 aliphatic carbocycles. The topological polar surface area (TPSA) is 66.9 Å². The van der Waals surface area contributed by atoms with Crippen LogP contribution in [0, 0.1) is 13.8 Å². The Morgan fingerprint density at radius 1 is 1.20 bits per heavy atom. The molecule has 1 atom stereocenters. The molecule has 1 unspecified atom stereocenters. The van der Waals surface area contributed by atoms with Gasteiger partial charge in [-0.25, -0.2) is 9.97 Å². The van der Waals surface area contributed by atoms with Crippen molar-refractivity contribution >= 4 is 6.41 Å². The minimum absolute atomic E-state index is 0.322. The second kappa shape index (κ2) is 6.25. The highest BCUT2D eigenvalue weighted by atomic mass is 16.1. The van der Waals surface area contributed by atoms with E-state index >= 15 is 0 Å². The van der Waals surface area contributed by atoms with E-state index in [1.807, 2.05) is 38.1 Å². The highest BCUT2D eigenvalue weighted by Gasteiger charge is 2.12. The van der Waals surface area contributed by atoms with Gasteiger partial charge in [-0.15, -0.1) is 0 Å². The summed E-state index contributed by atoms with van der Waals surface area (Å²) in [5.41, 5.74) is 3.81. The maximum Gasteiger partial charge on any atom is 0.208 e. The molecular formula is C15H18N4O. The molecule has 1 aromatic heterocycles. The Morgan fingerprint density at radius 2 is 2.00 bits per heavy atom. The van der Waals surface area contributed by atoms with Crippen LogP contribution in [0.25, 0.3) is 11.3 Å². The summed E-state index contributed by atoms with van der Waals surface area (Å²) in [4.78, 5) is 19.5. The molecule has 5 heteroatoms. The number of nitrogens with one attached hydrogen (secondary N) is 2. The molecule has 0 radical (unpaired) electrons. The predicted octanol–water partition coefficient (Wildman–Crippen LogP) is 1.72. The summed E-state index contributed by atoms with van der Waals surface area (Å²) in [6, 6.07) is 10.0. The first-order valence-corrected chi connectivity index (χ1v) is 6.43. The average Bonchev–Trinajstić information content (AvgIpc) is 2.44. The maximum absolute atomic E-state index is 10.6. The van der Waals surface area contributed by atoms with Crippen molar-refractivity contribution in [1.82, 2.24) is 20.6 Å². The summed E-state index contributed by atoms with van der Waals surface area (Å²) < 4.78 is 0. The summed E-state index contributed by atoms with van der Waals surface area (Å²) in [5.74, 6) is 0.673. The van der Waals surface area contributed by atoms with Crippen molar-refractivity contribution in [3.8, 4) is 11.3 Å². The van der Waals surface area contributed by atoms with Gasteiger partial charge in [0.2, 0.25) is 6.41 Å². The fourth-order valence-electron chi connectivity index (χ4n) is 2.08. The van der Waals surface area contributed by atoms with Crippen LogP contribution < -0.4 is 10.6 Å². The first-order chi connectivity index (χ1) is 9.63. The van der Waals surface area contributed by atoms with Crippen LogP contribution in [0.5, 0.6) is 0 Å². The molecule has 0 spiro atoms. The number of carbonyl (C=O) groups excluding carboxylic acids is 1. The molecule has 1 amide bonds. The third-order valence-corrected chi connectivity index (χ3v) is 2.99. The fraction of sp³-hybridized carbons (Fsp3) is 0.267. The average molecular weight is 270 g/mol. The van der Waals surface area contributed by atoms with E-state index in [1.54, 1.807) is 7.05 Å². The molecule has 0 aliphatic heterocycles. The summed E-state index contributed by atoms with van der Waals surface area (Å²) in [7, 11) is 1.77. The van der Waals surface area contributed by atoms with Gasteiger partial charge in [0.25, 0.3) is 0 Å². The predicted molar refractivity (Wildman–Crippen MR) is 77.9 cm³/mol. The molecule has 0 saturated carbocycles. The normalized spacial score (nSPS) is 11.9. The summed E-state index contributed by atoms with van der Waals surface area (Å²) in [6.45, 7) is 3.89. The highest BCUT2D eigenvalue weighted by Crippen LogP contribution is 2.20. The van der Waals surface area contributed by atoms with Gasteiger partial charge in [0, 0.05) is 5.56 Å². The number of aryl methyl sites for hydroxylation is 2. The van der Waals surface area contributed by atoms with Gasteiger partial charge in [-0.3, -0.25) is 10.1 Å². The van der Waals surface area contributed by atoms with E-state index in [-0.39, 0.29) is 6.17 Å². The molecule has 5 nitrogen and oxygen atoms in total. The van der Waals surface area contributed by atoms with E-state index in [0.717, 1.165) is 17.0 Å². The van der Waals surface area contributed by atoms with Crippen molar-refractivity contribution in [2.75, 3.05) is 7.05 Å². The van der Waals surface area contributed by atoms with Gasteiger partial charge >= 0.3 is 0 Å². The van der Waals surface area contributed by atoms with Crippen LogP contribution in [0.4, 0.5) is 0 Å². The second-order valence-electron chi connectivity index (χ2n) is 4.60. The smallest absolute Gasteiger partial charge is 0.208 e. The van der Waals surface area contributed by atoms with Crippen LogP contribution in [-0.4, -0.2) is 23.4 Å². The van der Waals surface area contributed by atoms with Gasteiger partial charge in [0.15, 0.2) is 0 Å². The minimum Gasteiger partial charge on any atom is -0.338 e. The number of hydrogen-bond acceptors (Lipinski definition) is 4. The monoisotopic (exact) mass is 270 g/mol. The molecule has 20 heavy (non-hydrogen) atoms. The zero-order chi connectivity index (χ0) is 14.5. The Kier molecular flexibility index (Phi) is 4.42. The van der Waals surface area contributed by atoms with Crippen LogP contribution in [0.15, 0.2) is 30.3 Å². The number of rotatable bonds is 5. The van der Waals surface area contributed by atoms with E-state index in [2.05, 4.69) is 26.7 Å². The lowest BCUT2D eigenvalue weighted by Gasteiger charge is -2.16. The number of aromatic nitrogens is 2. The summed E-state index contributed by atoms with van der Waals surface area (Å²) >= 11 is 0. The van der Waals surface area contributed by atoms with E-state index in [9.17, 15) is 4.79 Å². The van der Waals surface area contributed by atoms with Crippen LogP contribution >= 0.6 is 0 Å². The molecule has 0 fully saturated rings. The number of benzene rings is 1. The number of carbonyl (C=O) groups is 1. The second-order valence-corrected chi connectivity index (χ2v) is 4.60. The number of amides is 1. The highest BCUT2D eigenvalue weighted by molar-refractivity contribution is 5.60. The van der Waals surface area contributed by atoms with Crippen molar-refractivity contribution in [2.24, 2.45) is 0 Å². The first kappa shape index (κ1) is 14.1. The SMILES string of the molecule is CNC(NC=O)c1cc(-c2cccc(C)c2)nc(C)n1. The van der Waals surface area contributed by atoms with Gasteiger partial charge < -0.3 is 5.32 Å². The lowest BCUT2D eigenvalue weighted by Crippen LogP contribution is -2.31. The first-order valence-electron chi connectivity index (χ1n) is 6.43. The van der Waals surface area contributed by atoms with Gasteiger partial charge in [-0.2, -0.15) is 0 Å². The lowest BCUT2D eigenvalue weighted by atomic mass is 10.1. The Balaban J connectivity index is 2.45. The molecule has 1 heterocycles.